The lowest BCUT2D eigenvalue weighted by Crippen LogP contribution is -2.38. The molecule has 0 saturated carbocycles. The third-order valence-electron chi connectivity index (χ3n) is 8.56. The van der Waals surface area contributed by atoms with Crippen LogP contribution in [0.15, 0.2) is 162 Å². The van der Waals surface area contributed by atoms with Crippen LogP contribution < -0.4 is 0 Å². The molecule has 8 rings (SSSR count). The molecule has 0 unspecified atom stereocenters. The van der Waals surface area contributed by atoms with Gasteiger partial charge < -0.3 is 0 Å². The highest BCUT2D eigenvalue weighted by Crippen LogP contribution is 2.43. The highest BCUT2D eigenvalue weighted by Gasteiger charge is 2.40. The third-order valence-corrected chi connectivity index (χ3v) is 11.5. The van der Waals surface area contributed by atoms with Crippen LogP contribution in [0.25, 0.3) is 38.7 Å². The van der Waals surface area contributed by atoms with Crippen molar-refractivity contribution in [3.8, 4) is 33.1 Å². The van der Waals surface area contributed by atoms with Crippen LogP contribution in [0.5, 0.6) is 0 Å². The molecule has 3 aromatic carbocycles. The molecule has 0 saturated heterocycles. The second kappa shape index (κ2) is 11.9. The summed E-state index contributed by atoms with van der Waals surface area (Å²) in [5.74, 6) is 0. The summed E-state index contributed by atoms with van der Waals surface area (Å²) in [6, 6.07) is 44.7. The molecule has 0 N–H and O–H groups in total. The number of thiophene rings is 1. The van der Waals surface area contributed by atoms with Gasteiger partial charge in [-0.15, -0.1) is 11.3 Å². The van der Waals surface area contributed by atoms with Gasteiger partial charge in [0.15, 0.2) is 9.84 Å². The number of sulfone groups is 1. The van der Waals surface area contributed by atoms with Crippen molar-refractivity contribution >= 4 is 26.8 Å². The maximum absolute atomic E-state index is 12.3. The number of hydrogen-bond acceptors (Lipinski definition) is 6. The normalized spacial score (nSPS) is 12.0. The summed E-state index contributed by atoms with van der Waals surface area (Å²) in [6.45, 7) is 0. The fraction of sp³-hybridized carbons (Fsp3) is 0.0513. The zero-order chi connectivity index (χ0) is 32.7. The summed E-state index contributed by atoms with van der Waals surface area (Å²) < 4.78 is 28.9. The quantitative estimate of drug-likeness (QED) is 0.153. The second-order valence-corrected chi connectivity index (χ2v) is 14.9. The van der Waals surface area contributed by atoms with Gasteiger partial charge in [-0.2, -0.15) is 5.10 Å². The van der Waals surface area contributed by atoms with Crippen LogP contribution in [0.3, 0.4) is 0 Å². The van der Waals surface area contributed by atoms with Gasteiger partial charge in [-0.05, 0) is 53.1 Å². The second-order valence-electron chi connectivity index (χ2n) is 11.5. The number of rotatable bonds is 8. The molecule has 0 radical (unpaired) electrons. The first-order valence-corrected chi connectivity index (χ1v) is 18.1. The van der Waals surface area contributed by atoms with E-state index >= 15 is 0 Å². The summed E-state index contributed by atoms with van der Waals surface area (Å²) in [4.78, 5) is 10.2. The number of nitrogens with zero attached hydrogens (tertiary/aromatic N) is 5. The highest BCUT2D eigenvalue weighted by molar-refractivity contribution is 7.92. The van der Waals surface area contributed by atoms with Gasteiger partial charge >= 0.3 is 0 Å². The first kappa shape index (κ1) is 29.7. The van der Waals surface area contributed by atoms with Crippen LogP contribution >= 0.6 is 11.3 Å². The molecule has 7 nitrogen and oxygen atoms in total. The van der Waals surface area contributed by atoms with Gasteiger partial charge in [0.25, 0.3) is 0 Å². The van der Waals surface area contributed by atoms with Crippen LogP contribution in [0.4, 0.5) is 0 Å². The predicted octanol–water partition coefficient (Wildman–Crippen LogP) is 8.23. The van der Waals surface area contributed by atoms with Crippen molar-refractivity contribution in [3.05, 3.63) is 175 Å². The molecular formula is C39H29N5O2S2. The van der Waals surface area contributed by atoms with Crippen LogP contribution in [0.2, 0.25) is 0 Å². The average molecular weight is 664 g/mol. The maximum atomic E-state index is 12.3. The summed E-state index contributed by atoms with van der Waals surface area (Å²) >= 11 is 1.24. The average Bonchev–Trinajstić information content (AvgIpc) is 3.89. The molecular weight excluding hydrogens is 635 g/mol. The number of aromatic nitrogens is 5. The van der Waals surface area contributed by atoms with Crippen LogP contribution in [-0.4, -0.2) is 38.8 Å². The van der Waals surface area contributed by atoms with Crippen molar-refractivity contribution < 1.29 is 8.42 Å². The van der Waals surface area contributed by atoms with Gasteiger partial charge in [-0.3, -0.25) is 14.1 Å². The van der Waals surface area contributed by atoms with Crippen LogP contribution in [-0.2, 0) is 15.4 Å². The molecule has 0 aliphatic carbocycles. The summed E-state index contributed by atoms with van der Waals surface area (Å²) in [5.41, 5.74) is 7.24. The molecule has 5 aromatic heterocycles. The third kappa shape index (κ3) is 5.04. The van der Waals surface area contributed by atoms with E-state index in [0.29, 0.717) is 4.21 Å². The van der Waals surface area contributed by atoms with E-state index in [0.717, 1.165) is 55.4 Å². The van der Waals surface area contributed by atoms with Crippen LogP contribution in [0.1, 0.15) is 16.7 Å². The van der Waals surface area contributed by atoms with Crippen LogP contribution in [0, 0.1) is 0 Å². The first-order chi connectivity index (χ1) is 23.4. The summed E-state index contributed by atoms with van der Waals surface area (Å²) in [5, 5.41) is 5.40. The Morgan fingerprint density at radius 3 is 1.85 bits per heavy atom. The number of benzene rings is 3. The molecule has 0 spiro atoms. The Bertz CT molecular complexity index is 2380. The maximum Gasteiger partial charge on any atom is 0.184 e. The summed E-state index contributed by atoms with van der Waals surface area (Å²) in [6.07, 6.45) is 8.95. The minimum atomic E-state index is -3.32. The molecule has 5 heterocycles. The zero-order valence-electron chi connectivity index (χ0n) is 25.9. The zero-order valence-corrected chi connectivity index (χ0v) is 27.5. The Kier molecular flexibility index (Phi) is 7.35. The molecule has 0 bridgehead atoms. The minimum absolute atomic E-state index is 0.321. The Labute approximate surface area is 282 Å². The largest absolute Gasteiger partial charge is 0.298 e. The standard InChI is InChI=1S/C39H29N5O2S2/c1-48(45,46)37-23-21-35(47-37)34-25-41-36-22-20-28(26-43(34)36)32-27-44(42-38(32)33-19-11-12-24-40-33)39(29-13-5-2-6-14-29,30-15-7-3-8-16-30)31-17-9-4-10-18-31/h2-27H,1H3. The summed E-state index contributed by atoms with van der Waals surface area (Å²) in [7, 11) is -3.32. The molecule has 8 aromatic rings. The molecule has 0 fully saturated rings. The van der Waals surface area contributed by atoms with E-state index in [1.54, 1.807) is 18.5 Å². The Morgan fingerprint density at radius 2 is 1.29 bits per heavy atom. The molecule has 9 heteroatoms. The molecule has 0 amide bonds. The topological polar surface area (TPSA) is 82.1 Å². The van der Waals surface area contributed by atoms with Crippen molar-refractivity contribution in [1.29, 1.82) is 0 Å². The number of imidazole rings is 1. The fourth-order valence-electron chi connectivity index (χ4n) is 6.36. The number of fused-ring (bicyclic) bond motifs is 1. The van der Waals surface area contributed by atoms with E-state index in [-0.39, 0.29) is 0 Å². The van der Waals surface area contributed by atoms with Crippen molar-refractivity contribution in [1.82, 2.24) is 24.1 Å². The van der Waals surface area contributed by atoms with E-state index in [1.807, 2.05) is 65.2 Å². The number of pyridine rings is 2. The van der Waals surface area contributed by atoms with Crippen molar-refractivity contribution in [2.45, 2.75) is 9.75 Å². The number of hydrogen-bond donors (Lipinski definition) is 0. The highest BCUT2D eigenvalue weighted by atomic mass is 32.2. The van der Waals surface area contributed by atoms with E-state index in [4.69, 9.17) is 10.1 Å². The smallest absolute Gasteiger partial charge is 0.184 e. The monoisotopic (exact) mass is 663 g/mol. The SMILES string of the molecule is CS(=O)(=O)c1ccc(-c2cnc3ccc(-c4cn(C(c5ccccc5)(c5ccccc5)c5ccccc5)nc4-c4ccccn4)cn23)s1. The predicted molar refractivity (Wildman–Crippen MR) is 191 cm³/mol. The molecule has 0 aliphatic heterocycles. The van der Waals surface area contributed by atoms with Crippen molar-refractivity contribution in [3.63, 3.8) is 0 Å². The van der Waals surface area contributed by atoms with Gasteiger partial charge in [0, 0.05) is 36.0 Å². The van der Waals surface area contributed by atoms with E-state index in [2.05, 4.69) is 88.7 Å². The Morgan fingerprint density at radius 1 is 0.667 bits per heavy atom. The van der Waals surface area contributed by atoms with Gasteiger partial charge in [0.05, 0.1) is 22.5 Å². The van der Waals surface area contributed by atoms with Crippen molar-refractivity contribution in [2.24, 2.45) is 0 Å². The Balaban J connectivity index is 1.40. The van der Waals surface area contributed by atoms with E-state index < -0.39 is 15.4 Å². The van der Waals surface area contributed by atoms with Crippen molar-refractivity contribution in [2.75, 3.05) is 6.26 Å². The lowest BCUT2D eigenvalue weighted by atomic mass is 9.77. The molecule has 234 valence electrons. The molecule has 0 atom stereocenters. The molecule has 48 heavy (non-hydrogen) atoms. The van der Waals surface area contributed by atoms with Gasteiger partial charge in [0.1, 0.15) is 21.1 Å². The van der Waals surface area contributed by atoms with Gasteiger partial charge in [-0.1, -0.05) is 97.1 Å². The van der Waals surface area contributed by atoms with E-state index in [1.165, 1.54) is 17.6 Å². The lowest BCUT2D eigenvalue weighted by Gasteiger charge is -2.36. The lowest BCUT2D eigenvalue weighted by molar-refractivity contribution is 0.461. The van der Waals surface area contributed by atoms with Gasteiger partial charge in [0.2, 0.25) is 0 Å². The molecule has 0 aliphatic rings. The van der Waals surface area contributed by atoms with E-state index in [9.17, 15) is 8.42 Å². The first-order valence-electron chi connectivity index (χ1n) is 15.4. The fourth-order valence-corrected chi connectivity index (χ4v) is 8.30. The Hall–Kier alpha value is -5.64. The minimum Gasteiger partial charge on any atom is -0.298 e. The van der Waals surface area contributed by atoms with Gasteiger partial charge in [-0.25, -0.2) is 13.4 Å².